The number of ether oxygens (including phenoxy) is 2. The summed E-state index contributed by atoms with van der Waals surface area (Å²) in [6.45, 7) is 1.47. The van der Waals surface area contributed by atoms with Crippen molar-refractivity contribution in [2.75, 3.05) is 12.4 Å². The molecule has 0 spiro atoms. The second-order valence-corrected chi connectivity index (χ2v) is 8.40. The van der Waals surface area contributed by atoms with Crippen LogP contribution in [-0.4, -0.2) is 35.1 Å². The Bertz CT molecular complexity index is 1580. The van der Waals surface area contributed by atoms with Crippen molar-refractivity contribution in [1.29, 1.82) is 0 Å². The average molecular weight is 518 g/mol. The number of benzene rings is 2. The second-order valence-electron chi connectivity index (χ2n) is 7.96. The highest BCUT2D eigenvalue weighted by Crippen LogP contribution is 2.32. The lowest BCUT2D eigenvalue weighted by atomic mass is 10.1. The number of nitrogens with zero attached hydrogens (tertiary/aromatic N) is 2. The molecule has 0 fully saturated rings. The summed E-state index contributed by atoms with van der Waals surface area (Å²) in [4.78, 5) is 34.9. The van der Waals surface area contributed by atoms with Gasteiger partial charge in [0.05, 0.1) is 41.9 Å². The maximum absolute atomic E-state index is 12.9. The van der Waals surface area contributed by atoms with Gasteiger partial charge in [-0.2, -0.15) is 0 Å². The van der Waals surface area contributed by atoms with Crippen LogP contribution in [0.5, 0.6) is 5.75 Å². The standard InChI is InChI=1S/C27H20ClN3O6/c1-15(26(32)31-20-14-17(28)8-10-21(20)34-2)37-27(33)16-7-9-18-19(13-16)30-25(23-6-4-12-36-23)24(29-18)22-5-3-11-35-22/h3-15H,1-2H3,(H,31,32). The molecule has 1 amide bonds. The summed E-state index contributed by atoms with van der Waals surface area (Å²) in [5.74, 6) is 0.207. The highest BCUT2D eigenvalue weighted by molar-refractivity contribution is 6.31. The Labute approximate surface area is 216 Å². The van der Waals surface area contributed by atoms with Crippen molar-refractivity contribution in [2.45, 2.75) is 13.0 Å². The van der Waals surface area contributed by atoms with Crippen molar-refractivity contribution in [3.8, 4) is 28.7 Å². The number of nitrogens with one attached hydrogen (secondary N) is 1. The number of hydrogen-bond donors (Lipinski definition) is 1. The Kier molecular flexibility index (Phi) is 6.61. The molecule has 0 aliphatic rings. The molecule has 0 aliphatic carbocycles. The van der Waals surface area contributed by atoms with Gasteiger partial charge in [0.25, 0.3) is 5.91 Å². The van der Waals surface area contributed by atoms with Gasteiger partial charge in [-0.25, -0.2) is 14.8 Å². The molecular formula is C27H20ClN3O6. The molecule has 0 aliphatic heterocycles. The Balaban J connectivity index is 1.39. The van der Waals surface area contributed by atoms with E-state index in [0.717, 1.165) is 0 Å². The molecule has 186 valence electrons. The minimum Gasteiger partial charge on any atom is -0.495 e. The van der Waals surface area contributed by atoms with E-state index < -0.39 is 18.0 Å². The lowest BCUT2D eigenvalue weighted by molar-refractivity contribution is -0.123. The molecule has 1 N–H and O–H groups in total. The first kappa shape index (κ1) is 24.1. The van der Waals surface area contributed by atoms with Gasteiger partial charge in [-0.3, -0.25) is 4.79 Å². The minimum absolute atomic E-state index is 0.206. The number of fused-ring (bicyclic) bond motifs is 1. The Morgan fingerprint density at radius 3 is 2.22 bits per heavy atom. The van der Waals surface area contributed by atoms with Crippen LogP contribution in [0.15, 0.2) is 82.0 Å². The van der Waals surface area contributed by atoms with Crippen molar-refractivity contribution in [1.82, 2.24) is 9.97 Å². The van der Waals surface area contributed by atoms with Crippen molar-refractivity contribution in [3.05, 3.63) is 83.8 Å². The number of anilines is 1. The summed E-state index contributed by atoms with van der Waals surface area (Å²) in [7, 11) is 1.47. The van der Waals surface area contributed by atoms with Gasteiger partial charge in [0, 0.05) is 5.02 Å². The van der Waals surface area contributed by atoms with E-state index in [4.69, 9.17) is 29.9 Å². The fourth-order valence-corrected chi connectivity index (χ4v) is 3.82. The number of amides is 1. The number of furan rings is 2. The highest BCUT2D eigenvalue weighted by atomic mass is 35.5. The molecule has 2 aromatic carbocycles. The monoisotopic (exact) mass is 517 g/mol. The molecule has 37 heavy (non-hydrogen) atoms. The van der Waals surface area contributed by atoms with E-state index >= 15 is 0 Å². The van der Waals surface area contributed by atoms with Crippen LogP contribution in [-0.2, 0) is 9.53 Å². The largest absolute Gasteiger partial charge is 0.495 e. The molecule has 1 unspecified atom stereocenters. The lowest BCUT2D eigenvalue weighted by Gasteiger charge is -2.15. The molecule has 3 heterocycles. The average Bonchev–Trinajstić information content (AvgIpc) is 3.62. The van der Waals surface area contributed by atoms with Crippen LogP contribution < -0.4 is 10.1 Å². The molecule has 0 radical (unpaired) electrons. The van der Waals surface area contributed by atoms with E-state index in [-0.39, 0.29) is 5.56 Å². The number of rotatable bonds is 7. The molecule has 10 heteroatoms. The van der Waals surface area contributed by atoms with Crippen LogP contribution in [0, 0.1) is 0 Å². The minimum atomic E-state index is -1.10. The summed E-state index contributed by atoms with van der Waals surface area (Å²) < 4.78 is 21.7. The molecule has 0 saturated carbocycles. The maximum atomic E-state index is 12.9. The predicted molar refractivity (Wildman–Crippen MR) is 136 cm³/mol. The molecular weight excluding hydrogens is 498 g/mol. The van der Waals surface area contributed by atoms with Gasteiger partial charge in [-0.1, -0.05) is 11.6 Å². The molecule has 5 aromatic rings. The number of esters is 1. The number of carbonyl (C=O) groups excluding carboxylic acids is 2. The fourth-order valence-electron chi connectivity index (χ4n) is 3.65. The summed E-state index contributed by atoms with van der Waals surface area (Å²) in [6, 6.07) is 16.6. The van der Waals surface area contributed by atoms with Gasteiger partial charge < -0.3 is 23.6 Å². The first-order valence-corrected chi connectivity index (χ1v) is 11.6. The van der Waals surface area contributed by atoms with E-state index in [2.05, 4.69) is 15.3 Å². The SMILES string of the molecule is COc1ccc(Cl)cc1NC(=O)C(C)OC(=O)c1ccc2nc(-c3ccco3)c(-c3ccco3)nc2c1. The van der Waals surface area contributed by atoms with E-state index in [0.29, 0.717) is 50.4 Å². The zero-order valence-electron chi connectivity index (χ0n) is 19.7. The lowest BCUT2D eigenvalue weighted by Crippen LogP contribution is -2.30. The van der Waals surface area contributed by atoms with Crippen LogP contribution in [0.1, 0.15) is 17.3 Å². The van der Waals surface area contributed by atoms with Crippen LogP contribution >= 0.6 is 11.6 Å². The fraction of sp³-hybridized carbons (Fsp3) is 0.111. The molecule has 9 nitrogen and oxygen atoms in total. The summed E-state index contributed by atoms with van der Waals surface area (Å²) >= 11 is 6.02. The first-order chi connectivity index (χ1) is 17.9. The third kappa shape index (κ3) is 5.03. The zero-order chi connectivity index (χ0) is 25.9. The smallest absolute Gasteiger partial charge is 0.338 e. The number of methoxy groups -OCH3 is 1. The van der Waals surface area contributed by atoms with Gasteiger partial charge in [0.2, 0.25) is 0 Å². The summed E-state index contributed by atoms with van der Waals surface area (Å²) in [5.41, 5.74) is 2.51. The Morgan fingerprint density at radius 2 is 1.59 bits per heavy atom. The molecule has 0 saturated heterocycles. The van der Waals surface area contributed by atoms with Gasteiger partial charge >= 0.3 is 5.97 Å². The number of carbonyl (C=O) groups is 2. The molecule has 5 rings (SSSR count). The van der Waals surface area contributed by atoms with Gasteiger partial charge in [-0.05, 0) is 67.6 Å². The van der Waals surface area contributed by atoms with E-state index in [1.54, 1.807) is 66.9 Å². The van der Waals surface area contributed by atoms with Crippen molar-refractivity contribution >= 4 is 40.2 Å². The number of halogens is 1. The second kappa shape index (κ2) is 10.2. The topological polar surface area (TPSA) is 117 Å². The number of aromatic nitrogens is 2. The Morgan fingerprint density at radius 1 is 0.919 bits per heavy atom. The van der Waals surface area contributed by atoms with Crippen LogP contribution in [0.2, 0.25) is 5.02 Å². The van der Waals surface area contributed by atoms with E-state index in [9.17, 15) is 9.59 Å². The predicted octanol–water partition coefficient (Wildman–Crippen LogP) is 6.00. The van der Waals surface area contributed by atoms with Crippen molar-refractivity contribution in [2.24, 2.45) is 0 Å². The summed E-state index contributed by atoms with van der Waals surface area (Å²) in [5, 5.41) is 3.08. The summed E-state index contributed by atoms with van der Waals surface area (Å²) in [6.07, 6.45) is 1.98. The maximum Gasteiger partial charge on any atom is 0.338 e. The molecule has 0 bridgehead atoms. The third-order valence-electron chi connectivity index (χ3n) is 5.48. The van der Waals surface area contributed by atoms with Crippen LogP contribution in [0.25, 0.3) is 33.9 Å². The normalized spacial score (nSPS) is 11.8. The number of hydrogen-bond acceptors (Lipinski definition) is 8. The highest BCUT2D eigenvalue weighted by Gasteiger charge is 2.22. The van der Waals surface area contributed by atoms with E-state index in [1.807, 2.05) is 0 Å². The van der Waals surface area contributed by atoms with Crippen molar-refractivity contribution < 1.29 is 27.9 Å². The Hall–Kier alpha value is -4.63. The third-order valence-corrected chi connectivity index (χ3v) is 5.72. The van der Waals surface area contributed by atoms with E-state index in [1.165, 1.54) is 20.3 Å². The van der Waals surface area contributed by atoms with Gasteiger partial charge in [0.15, 0.2) is 17.6 Å². The first-order valence-electron chi connectivity index (χ1n) is 11.2. The van der Waals surface area contributed by atoms with Gasteiger partial charge in [-0.15, -0.1) is 0 Å². The van der Waals surface area contributed by atoms with Gasteiger partial charge in [0.1, 0.15) is 17.1 Å². The van der Waals surface area contributed by atoms with Crippen LogP contribution in [0.4, 0.5) is 5.69 Å². The zero-order valence-corrected chi connectivity index (χ0v) is 20.5. The van der Waals surface area contributed by atoms with Crippen LogP contribution in [0.3, 0.4) is 0 Å². The molecule has 1 atom stereocenters. The molecule has 3 aromatic heterocycles. The van der Waals surface area contributed by atoms with Crippen molar-refractivity contribution in [3.63, 3.8) is 0 Å². The quantitative estimate of drug-likeness (QED) is 0.261.